The van der Waals surface area contributed by atoms with Gasteiger partial charge < -0.3 is 19.8 Å². The highest BCUT2D eigenvalue weighted by molar-refractivity contribution is 5.62. The lowest BCUT2D eigenvalue weighted by atomic mass is 10.0. The summed E-state index contributed by atoms with van der Waals surface area (Å²) < 4.78 is 11.0. The third kappa shape index (κ3) is 2.90. The zero-order valence-corrected chi connectivity index (χ0v) is 12.6. The Kier molecular flexibility index (Phi) is 3.88. The van der Waals surface area contributed by atoms with Crippen molar-refractivity contribution in [2.45, 2.75) is 38.4 Å². The molecule has 0 amide bonds. The van der Waals surface area contributed by atoms with Crippen LogP contribution in [0, 0.1) is 0 Å². The number of furan rings is 1. The van der Waals surface area contributed by atoms with E-state index < -0.39 is 0 Å². The summed E-state index contributed by atoms with van der Waals surface area (Å²) in [7, 11) is 1.69. The molecule has 3 rings (SSSR count). The first-order valence-corrected chi connectivity index (χ1v) is 7.42. The second-order valence-electron chi connectivity index (χ2n) is 5.62. The van der Waals surface area contributed by atoms with E-state index in [1.165, 1.54) is 12.8 Å². The van der Waals surface area contributed by atoms with E-state index in [0.717, 1.165) is 29.3 Å². The van der Waals surface area contributed by atoms with Crippen LogP contribution in [-0.2, 0) is 6.54 Å². The van der Waals surface area contributed by atoms with Crippen molar-refractivity contribution < 1.29 is 9.15 Å². The van der Waals surface area contributed by atoms with Gasteiger partial charge in [-0.2, -0.15) is 0 Å². The van der Waals surface area contributed by atoms with Gasteiger partial charge in [-0.1, -0.05) is 6.07 Å². The number of nitrogens with two attached hydrogens (primary N) is 1. The molecular weight excluding hydrogens is 264 g/mol. The lowest BCUT2D eigenvalue weighted by Crippen LogP contribution is -2.27. The zero-order valence-electron chi connectivity index (χ0n) is 12.6. The van der Waals surface area contributed by atoms with Crippen molar-refractivity contribution >= 4 is 5.69 Å². The van der Waals surface area contributed by atoms with Crippen LogP contribution in [0.5, 0.6) is 5.75 Å². The van der Waals surface area contributed by atoms with E-state index in [1.54, 1.807) is 13.4 Å². The van der Waals surface area contributed by atoms with Crippen LogP contribution in [0.2, 0.25) is 0 Å². The normalized spacial score (nSPS) is 15.8. The first-order chi connectivity index (χ1) is 10.2. The molecule has 21 heavy (non-hydrogen) atoms. The van der Waals surface area contributed by atoms with Crippen molar-refractivity contribution in [2.75, 3.05) is 12.0 Å². The molecule has 0 aliphatic heterocycles. The quantitative estimate of drug-likeness (QED) is 0.883. The minimum absolute atomic E-state index is 0.0750. The molecule has 4 heteroatoms. The van der Waals surface area contributed by atoms with E-state index in [1.807, 2.05) is 31.2 Å². The first kappa shape index (κ1) is 14.0. The maximum atomic E-state index is 6.19. The summed E-state index contributed by atoms with van der Waals surface area (Å²) in [4.78, 5) is 2.39. The fourth-order valence-electron chi connectivity index (χ4n) is 2.79. The average Bonchev–Trinajstić information content (AvgIpc) is 3.20. The summed E-state index contributed by atoms with van der Waals surface area (Å²) in [5, 5.41) is 0. The van der Waals surface area contributed by atoms with Crippen LogP contribution in [0.15, 0.2) is 41.0 Å². The number of methoxy groups -OCH3 is 1. The van der Waals surface area contributed by atoms with Gasteiger partial charge in [-0.25, -0.2) is 0 Å². The highest BCUT2D eigenvalue weighted by atomic mass is 16.5. The van der Waals surface area contributed by atoms with Gasteiger partial charge in [0.15, 0.2) is 0 Å². The van der Waals surface area contributed by atoms with Crippen LogP contribution in [-0.4, -0.2) is 13.2 Å². The Balaban J connectivity index is 1.99. The van der Waals surface area contributed by atoms with Crippen LogP contribution in [0.25, 0.3) is 0 Å². The van der Waals surface area contributed by atoms with Gasteiger partial charge in [0, 0.05) is 23.3 Å². The molecular formula is C17H22N2O2. The topological polar surface area (TPSA) is 51.6 Å². The molecule has 1 aromatic heterocycles. The van der Waals surface area contributed by atoms with Gasteiger partial charge >= 0.3 is 0 Å². The average molecular weight is 286 g/mol. The number of hydrogen-bond donors (Lipinski definition) is 1. The second-order valence-corrected chi connectivity index (χ2v) is 5.62. The second kappa shape index (κ2) is 5.82. The van der Waals surface area contributed by atoms with E-state index in [0.29, 0.717) is 6.04 Å². The standard InChI is InChI=1S/C17H22N2O2/c1-12(18)17-15(6-3-7-16(17)20-2)19(13-8-9-13)11-14-5-4-10-21-14/h3-7,10,12-13H,8-9,11,18H2,1-2H3/t12-/m1/s1. The van der Waals surface area contributed by atoms with Crippen molar-refractivity contribution in [3.8, 4) is 5.75 Å². The Morgan fingerprint density at radius 2 is 2.14 bits per heavy atom. The Labute approximate surface area is 125 Å². The van der Waals surface area contributed by atoms with Crippen LogP contribution in [0.3, 0.4) is 0 Å². The Morgan fingerprint density at radius 3 is 2.71 bits per heavy atom. The van der Waals surface area contributed by atoms with Gasteiger partial charge in [-0.15, -0.1) is 0 Å². The Bertz CT molecular complexity index is 589. The third-order valence-corrected chi connectivity index (χ3v) is 3.92. The maximum absolute atomic E-state index is 6.19. The first-order valence-electron chi connectivity index (χ1n) is 7.42. The van der Waals surface area contributed by atoms with Gasteiger partial charge in [-0.05, 0) is 44.0 Å². The zero-order chi connectivity index (χ0) is 14.8. The largest absolute Gasteiger partial charge is 0.496 e. The fraction of sp³-hybridized carbons (Fsp3) is 0.412. The SMILES string of the molecule is COc1cccc(N(Cc2ccco2)C2CC2)c1[C@@H](C)N. The molecule has 1 aliphatic carbocycles. The molecule has 1 aliphatic rings. The lowest BCUT2D eigenvalue weighted by molar-refractivity contribution is 0.406. The van der Waals surface area contributed by atoms with E-state index >= 15 is 0 Å². The van der Waals surface area contributed by atoms with Gasteiger partial charge in [-0.3, -0.25) is 0 Å². The van der Waals surface area contributed by atoms with E-state index in [9.17, 15) is 0 Å². The maximum Gasteiger partial charge on any atom is 0.125 e. The molecule has 1 aromatic carbocycles. The molecule has 0 radical (unpaired) electrons. The van der Waals surface area contributed by atoms with E-state index in [4.69, 9.17) is 14.9 Å². The number of benzene rings is 1. The monoisotopic (exact) mass is 286 g/mol. The Morgan fingerprint density at radius 1 is 1.33 bits per heavy atom. The minimum Gasteiger partial charge on any atom is -0.496 e. The molecule has 0 unspecified atom stereocenters. The summed E-state index contributed by atoms with van der Waals surface area (Å²) in [5.74, 6) is 1.83. The molecule has 112 valence electrons. The van der Waals surface area contributed by atoms with Crippen LogP contribution in [0.1, 0.15) is 37.1 Å². The molecule has 0 spiro atoms. The van der Waals surface area contributed by atoms with Gasteiger partial charge in [0.25, 0.3) is 0 Å². The molecule has 0 bridgehead atoms. The van der Waals surface area contributed by atoms with Crippen molar-refractivity contribution in [3.63, 3.8) is 0 Å². The Hall–Kier alpha value is -1.94. The van der Waals surface area contributed by atoms with Gasteiger partial charge in [0.1, 0.15) is 11.5 Å². The summed E-state index contributed by atoms with van der Waals surface area (Å²) >= 11 is 0. The van der Waals surface area contributed by atoms with Crippen molar-refractivity contribution in [2.24, 2.45) is 5.73 Å². The summed E-state index contributed by atoms with van der Waals surface area (Å²) in [5.41, 5.74) is 8.42. The van der Waals surface area contributed by atoms with Gasteiger partial charge in [0.05, 0.1) is 19.9 Å². The predicted molar refractivity (Wildman–Crippen MR) is 83.5 cm³/mol. The number of rotatable bonds is 6. The van der Waals surface area contributed by atoms with Crippen LogP contribution in [0.4, 0.5) is 5.69 Å². The molecule has 1 atom stereocenters. The molecule has 0 saturated heterocycles. The van der Waals surface area contributed by atoms with Crippen LogP contribution >= 0.6 is 0 Å². The third-order valence-electron chi connectivity index (χ3n) is 3.92. The smallest absolute Gasteiger partial charge is 0.125 e. The summed E-state index contributed by atoms with van der Waals surface area (Å²) in [6.45, 7) is 2.77. The molecule has 2 N–H and O–H groups in total. The number of hydrogen-bond acceptors (Lipinski definition) is 4. The predicted octanol–water partition coefficient (Wildman–Crippen LogP) is 3.48. The van der Waals surface area contributed by atoms with Crippen LogP contribution < -0.4 is 15.4 Å². The van der Waals surface area contributed by atoms with Gasteiger partial charge in [0.2, 0.25) is 0 Å². The summed E-state index contributed by atoms with van der Waals surface area (Å²) in [6, 6.07) is 10.6. The lowest BCUT2D eigenvalue weighted by Gasteiger charge is -2.28. The van der Waals surface area contributed by atoms with Crippen molar-refractivity contribution in [1.82, 2.24) is 0 Å². The minimum atomic E-state index is -0.0750. The highest BCUT2D eigenvalue weighted by Gasteiger charge is 2.32. The number of ether oxygens (including phenoxy) is 1. The molecule has 4 nitrogen and oxygen atoms in total. The fourth-order valence-corrected chi connectivity index (χ4v) is 2.79. The molecule has 1 fully saturated rings. The van der Waals surface area contributed by atoms with Crippen molar-refractivity contribution in [3.05, 3.63) is 47.9 Å². The van der Waals surface area contributed by atoms with Crippen molar-refractivity contribution in [1.29, 1.82) is 0 Å². The number of nitrogens with zero attached hydrogens (tertiary/aromatic N) is 1. The molecule has 1 heterocycles. The highest BCUT2D eigenvalue weighted by Crippen LogP contribution is 2.40. The summed E-state index contributed by atoms with van der Waals surface area (Å²) in [6.07, 6.45) is 4.16. The van der Waals surface area contributed by atoms with E-state index in [-0.39, 0.29) is 6.04 Å². The molecule has 2 aromatic rings. The van der Waals surface area contributed by atoms with E-state index in [2.05, 4.69) is 11.0 Å². The molecule has 1 saturated carbocycles. The number of anilines is 1.